The van der Waals surface area contributed by atoms with E-state index in [-0.39, 0.29) is 24.5 Å². The van der Waals surface area contributed by atoms with E-state index in [9.17, 15) is 9.59 Å². The Balaban J connectivity index is 1.68. The molecule has 2 amide bonds. The monoisotopic (exact) mass is 333 g/mol. The summed E-state index contributed by atoms with van der Waals surface area (Å²) in [6.45, 7) is 9.26. The minimum atomic E-state index is -0.395. The van der Waals surface area contributed by atoms with Crippen molar-refractivity contribution in [2.75, 3.05) is 26.2 Å². The second-order valence-electron chi connectivity index (χ2n) is 6.48. The number of likely N-dealkylation sites (tertiary alicyclic amines) is 1. The predicted octanol–water partition coefficient (Wildman–Crippen LogP) is 1.39. The van der Waals surface area contributed by atoms with Crippen LogP contribution in [0.2, 0.25) is 0 Å². The number of nitrogens with zero attached hydrogens (tertiary/aromatic N) is 3. The number of hydrogen-bond donors (Lipinski definition) is 0. The van der Waals surface area contributed by atoms with Gasteiger partial charge in [0, 0.05) is 25.7 Å². The minimum absolute atomic E-state index is 0.00963. The maximum Gasteiger partial charge on any atom is 0.276 e. The normalized spacial score (nSPS) is 23.6. The predicted molar refractivity (Wildman–Crippen MR) is 86.4 cm³/mol. The summed E-state index contributed by atoms with van der Waals surface area (Å²) in [5.41, 5.74) is -0.0579. The van der Waals surface area contributed by atoms with Crippen molar-refractivity contribution < 1.29 is 18.8 Å². The first-order valence-corrected chi connectivity index (χ1v) is 8.24. The molecule has 2 aliphatic rings. The van der Waals surface area contributed by atoms with Crippen LogP contribution in [0.1, 0.15) is 36.0 Å². The summed E-state index contributed by atoms with van der Waals surface area (Å²) in [5, 5.41) is 3.79. The van der Waals surface area contributed by atoms with Gasteiger partial charge in [-0.1, -0.05) is 11.2 Å². The van der Waals surface area contributed by atoms with Gasteiger partial charge >= 0.3 is 0 Å². The van der Waals surface area contributed by atoms with Crippen molar-refractivity contribution in [2.45, 2.75) is 38.3 Å². The zero-order valence-electron chi connectivity index (χ0n) is 14.2. The molecule has 3 rings (SSSR count). The Kier molecular flexibility index (Phi) is 4.45. The second kappa shape index (κ2) is 6.39. The zero-order valence-corrected chi connectivity index (χ0v) is 14.2. The smallest absolute Gasteiger partial charge is 0.276 e. The molecular formula is C17H23N3O4. The maximum atomic E-state index is 12.5. The summed E-state index contributed by atoms with van der Waals surface area (Å²) in [4.78, 5) is 28.1. The lowest BCUT2D eigenvalue weighted by atomic mass is 9.82. The summed E-state index contributed by atoms with van der Waals surface area (Å²) in [5.74, 6) is 0.489. The third-order valence-electron chi connectivity index (χ3n) is 5.10. The average Bonchev–Trinajstić information content (AvgIpc) is 3.02. The number of rotatable bonds is 3. The number of carbonyl (C=O) groups excluding carboxylic acids is 2. The number of carbonyl (C=O) groups is 2. The molecule has 0 N–H and O–H groups in total. The number of aromatic nitrogens is 1. The van der Waals surface area contributed by atoms with Crippen molar-refractivity contribution >= 4 is 11.8 Å². The number of aryl methyl sites for hydroxylation is 1. The molecule has 0 aliphatic carbocycles. The van der Waals surface area contributed by atoms with Crippen molar-refractivity contribution in [1.29, 1.82) is 0 Å². The van der Waals surface area contributed by atoms with E-state index >= 15 is 0 Å². The molecule has 7 heteroatoms. The van der Waals surface area contributed by atoms with Crippen LogP contribution in [-0.2, 0) is 9.53 Å². The molecule has 1 unspecified atom stereocenters. The Morgan fingerprint density at radius 3 is 2.79 bits per heavy atom. The Morgan fingerprint density at radius 1 is 1.50 bits per heavy atom. The highest BCUT2D eigenvalue weighted by Crippen LogP contribution is 2.35. The molecule has 2 aliphatic heterocycles. The van der Waals surface area contributed by atoms with Gasteiger partial charge in [-0.3, -0.25) is 9.59 Å². The average molecular weight is 333 g/mol. The van der Waals surface area contributed by atoms with E-state index in [2.05, 4.69) is 11.7 Å². The Bertz CT molecular complexity index is 646. The standard InChI is InChI=1S/C17H23N3O4/c1-4-7-20-13(3)17(23-11-15(20)21)5-8-19(9-6-17)16(22)14-10-12(2)24-18-14/h4,10,13H,1,5-9,11H2,2-3H3. The molecule has 7 nitrogen and oxygen atoms in total. The minimum Gasteiger partial charge on any atom is -0.363 e. The van der Waals surface area contributed by atoms with Crippen LogP contribution in [0.15, 0.2) is 23.2 Å². The summed E-state index contributed by atoms with van der Waals surface area (Å²) >= 11 is 0. The van der Waals surface area contributed by atoms with E-state index in [4.69, 9.17) is 9.26 Å². The van der Waals surface area contributed by atoms with Gasteiger partial charge in [0.05, 0.1) is 11.6 Å². The molecule has 130 valence electrons. The molecule has 2 fully saturated rings. The topological polar surface area (TPSA) is 75.9 Å². The second-order valence-corrected chi connectivity index (χ2v) is 6.48. The molecule has 24 heavy (non-hydrogen) atoms. The van der Waals surface area contributed by atoms with Crippen molar-refractivity contribution in [1.82, 2.24) is 15.0 Å². The first-order chi connectivity index (χ1) is 11.5. The molecule has 1 atom stereocenters. The summed E-state index contributed by atoms with van der Waals surface area (Å²) in [6.07, 6.45) is 3.12. The van der Waals surface area contributed by atoms with E-state index in [0.717, 1.165) is 0 Å². The molecule has 1 spiro atoms. The highest BCUT2D eigenvalue weighted by Gasteiger charge is 2.48. The molecule has 0 aromatic carbocycles. The van der Waals surface area contributed by atoms with Crippen LogP contribution in [-0.4, -0.2) is 64.7 Å². The van der Waals surface area contributed by atoms with Gasteiger partial charge in [-0.2, -0.15) is 0 Å². The molecule has 1 aromatic rings. The lowest BCUT2D eigenvalue weighted by Gasteiger charge is -2.51. The van der Waals surface area contributed by atoms with Crippen LogP contribution in [0.4, 0.5) is 0 Å². The first-order valence-electron chi connectivity index (χ1n) is 8.24. The number of morpholine rings is 1. The maximum absolute atomic E-state index is 12.5. The quantitative estimate of drug-likeness (QED) is 0.782. The van der Waals surface area contributed by atoms with Gasteiger partial charge in [0.25, 0.3) is 5.91 Å². The third-order valence-corrected chi connectivity index (χ3v) is 5.10. The lowest BCUT2D eigenvalue weighted by molar-refractivity contribution is -0.183. The molecule has 0 saturated carbocycles. The number of amides is 2. The van der Waals surface area contributed by atoms with E-state index in [1.54, 1.807) is 24.0 Å². The van der Waals surface area contributed by atoms with Crippen molar-refractivity contribution in [3.8, 4) is 0 Å². The fourth-order valence-electron chi connectivity index (χ4n) is 3.59. The van der Waals surface area contributed by atoms with Crippen LogP contribution < -0.4 is 0 Å². The summed E-state index contributed by atoms with van der Waals surface area (Å²) in [6, 6.07) is 1.61. The number of piperidine rings is 1. The van der Waals surface area contributed by atoms with Crippen LogP contribution in [0, 0.1) is 6.92 Å². The Hall–Kier alpha value is -2.15. The van der Waals surface area contributed by atoms with Gasteiger partial charge < -0.3 is 19.1 Å². The first kappa shape index (κ1) is 16.7. The largest absolute Gasteiger partial charge is 0.363 e. The van der Waals surface area contributed by atoms with Crippen molar-refractivity contribution in [2.24, 2.45) is 0 Å². The van der Waals surface area contributed by atoms with Gasteiger partial charge in [0.2, 0.25) is 5.91 Å². The van der Waals surface area contributed by atoms with E-state index < -0.39 is 5.60 Å². The van der Waals surface area contributed by atoms with Gasteiger partial charge in [-0.05, 0) is 26.7 Å². The Morgan fingerprint density at radius 2 is 2.21 bits per heavy atom. The molecule has 3 heterocycles. The van der Waals surface area contributed by atoms with Crippen LogP contribution in [0.3, 0.4) is 0 Å². The molecular weight excluding hydrogens is 310 g/mol. The van der Waals surface area contributed by atoms with Crippen LogP contribution >= 0.6 is 0 Å². The highest BCUT2D eigenvalue weighted by molar-refractivity contribution is 5.92. The van der Waals surface area contributed by atoms with Gasteiger partial charge in [0.15, 0.2) is 5.69 Å². The molecule has 1 aromatic heterocycles. The van der Waals surface area contributed by atoms with E-state index in [1.807, 2.05) is 11.8 Å². The number of hydrogen-bond acceptors (Lipinski definition) is 5. The molecule has 0 bridgehead atoms. The van der Waals surface area contributed by atoms with Crippen LogP contribution in [0.25, 0.3) is 0 Å². The zero-order chi connectivity index (χ0) is 17.3. The van der Waals surface area contributed by atoms with Crippen molar-refractivity contribution in [3.05, 3.63) is 30.2 Å². The number of ether oxygens (including phenoxy) is 1. The Labute approximate surface area is 141 Å². The molecule has 2 saturated heterocycles. The highest BCUT2D eigenvalue weighted by atomic mass is 16.5. The van der Waals surface area contributed by atoms with Gasteiger partial charge in [-0.15, -0.1) is 6.58 Å². The summed E-state index contributed by atoms with van der Waals surface area (Å²) < 4.78 is 10.9. The van der Waals surface area contributed by atoms with Crippen LogP contribution in [0.5, 0.6) is 0 Å². The SMILES string of the molecule is C=CCN1C(=O)COC2(CCN(C(=O)c3cc(C)on3)CC2)C1C. The fraction of sp³-hybridized carbons (Fsp3) is 0.588. The van der Waals surface area contributed by atoms with Gasteiger partial charge in [-0.25, -0.2) is 0 Å². The summed E-state index contributed by atoms with van der Waals surface area (Å²) in [7, 11) is 0. The fourth-order valence-corrected chi connectivity index (χ4v) is 3.59. The van der Waals surface area contributed by atoms with Gasteiger partial charge in [0.1, 0.15) is 12.4 Å². The van der Waals surface area contributed by atoms with E-state index in [0.29, 0.717) is 43.9 Å². The van der Waals surface area contributed by atoms with E-state index in [1.165, 1.54) is 0 Å². The molecule has 0 radical (unpaired) electrons. The third kappa shape index (κ3) is 2.84. The lowest BCUT2D eigenvalue weighted by Crippen LogP contribution is -2.64. The van der Waals surface area contributed by atoms with Crippen molar-refractivity contribution in [3.63, 3.8) is 0 Å².